The molecule has 0 unspecified atom stereocenters. The van der Waals surface area contributed by atoms with Gasteiger partial charge in [0, 0.05) is 0 Å². The number of rotatable bonds is 3. The number of sulfonamides is 1. The van der Waals surface area contributed by atoms with Gasteiger partial charge in [0.25, 0.3) is 10.0 Å². The molecule has 0 saturated heterocycles. The minimum absolute atomic E-state index is 0.0535. The maximum Gasteiger partial charge on any atom is 0.250 e. The molecule has 0 spiro atoms. The van der Waals surface area contributed by atoms with E-state index in [4.69, 9.17) is 11.7 Å². The molecule has 14 heavy (non-hydrogen) atoms. The summed E-state index contributed by atoms with van der Waals surface area (Å²) in [6.07, 6.45) is 4.92. The van der Waals surface area contributed by atoms with Crippen molar-refractivity contribution < 1.29 is 8.42 Å². The van der Waals surface area contributed by atoms with E-state index in [-0.39, 0.29) is 10.8 Å². The Labute approximate surface area is 86.2 Å². The highest BCUT2D eigenvalue weighted by atomic mass is 32.2. The fourth-order valence-electron chi connectivity index (χ4n) is 0.732. The van der Waals surface area contributed by atoms with Gasteiger partial charge >= 0.3 is 0 Å². The summed E-state index contributed by atoms with van der Waals surface area (Å²) >= 11 is 0.910. The predicted molar refractivity (Wildman–Crippen MR) is 53.1 cm³/mol. The minimum Gasteiger partial charge on any atom is -0.206 e. The van der Waals surface area contributed by atoms with Gasteiger partial charge in [-0.15, -0.1) is 17.8 Å². The van der Waals surface area contributed by atoms with Crippen LogP contribution in [0.3, 0.4) is 0 Å². The summed E-state index contributed by atoms with van der Waals surface area (Å²) in [5.41, 5.74) is 0. The molecule has 0 aliphatic rings. The highest BCUT2D eigenvalue weighted by Gasteiger charge is 2.15. The van der Waals surface area contributed by atoms with Crippen LogP contribution in [0.2, 0.25) is 0 Å². The Morgan fingerprint density at radius 3 is 2.79 bits per heavy atom. The van der Waals surface area contributed by atoms with E-state index >= 15 is 0 Å². The van der Waals surface area contributed by atoms with Crippen LogP contribution in [0.4, 0.5) is 0 Å². The van der Waals surface area contributed by atoms with Crippen molar-refractivity contribution in [3.8, 4) is 18.4 Å². The van der Waals surface area contributed by atoms with Gasteiger partial charge in [-0.25, -0.2) is 8.42 Å². The quantitative estimate of drug-likeness (QED) is 0.764. The van der Waals surface area contributed by atoms with Crippen molar-refractivity contribution >= 4 is 21.4 Å². The maximum atomic E-state index is 11.4. The third-order valence-electron chi connectivity index (χ3n) is 1.32. The second-order valence-electron chi connectivity index (χ2n) is 2.26. The van der Waals surface area contributed by atoms with Gasteiger partial charge < -0.3 is 0 Å². The van der Waals surface area contributed by atoms with Crippen molar-refractivity contribution in [2.45, 2.75) is 4.21 Å². The zero-order chi connectivity index (χ0) is 10.6. The van der Waals surface area contributed by atoms with Crippen LogP contribution >= 0.6 is 11.3 Å². The van der Waals surface area contributed by atoms with Gasteiger partial charge in [-0.05, 0) is 12.1 Å². The van der Waals surface area contributed by atoms with E-state index in [1.165, 1.54) is 12.1 Å². The van der Waals surface area contributed by atoms with Gasteiger partial charge in [-0.2, -0.15) is 9.98 Å². The Kier molecular flexibility index (Phi) is 3.26. The average molecular weight is 226 g/mol. The SMILES string of the molecule is C#CCNS(=O)(=O)c1ccc(C#N)s1. The lowest BCUT2D eigenvalue weighted by Crippen LogP contribution is -2.22. The van der Waals surface area contributed by atoms with Crippen LogP contribution in [0.15, 0.2) is 16.3 Å². The third-order valence-corrected chi connectivity index (χ3v) is 4.20. The van der Waals surface area contributed by atoms with Crippen molar-refractivity contribution in [2.75, 3.05) is 6.54 Å². The molecular formula is C8H6N2O2S2. The number of terminal acetylenes is 1. The molecule has 0 atom stereocenters. The zero-order valence-electron chi connectivity index (χ0n) is 7.02. The second-order valence-corrected chi connectivity index (χ2v) is 5.34. The molecule has 0 fully saturated rings. The van der Waals surface area contributed by atoms with Crippen LogP contribution in [0.1, 0.15) is 4.88 Å². The van der Waals surface area contributed by atoms with Crippen molar-refractivity contribution in [3.05, 3.63) is 17.0 Å². The third kappa shape index (κ3) is 2.33. The van der Waals surface area contributed by atoms with Crippen LogP contribution in [0, 0.1) is 23.7 Å². The van der Waals surface area contributed by atoms with Crippen molar-refractivity contribution in [2.24, 2.45) is 0 Å². The summed E-state index contributed by atoms with van der Waals surface area (Å²) in [4.78, 5) is 0.353. The number of thiophene rings is 1. The number of nitrogens with one attached hydrogen (secondary N) is 1. The zero-order valence-corrected chi connectivity index (χ0v) is 8.65. The van der Waals surface area contributed by atoms with Crippen molar-refractivity contribution in [1.82, 2.24) is 4.72 Å². The first kappa shape index (κ1) is 10.7. The standard InChI is InChI=1S/C8H6N2O2S2/c1-2-5-10-14(11,12)8-4-3-7(6-9)13-8/h1,3-4,10H,5H2. The van der Waals surface area contributed by atoms with Gasteiger partial charge in [0.2, 0.25) is 0 Å². The van der Waals surface area contributed by atoms with Crippen molar-refractivity contribution in [3.63, 3.8) is 0 Å². The Morgan fingerprint density at radius 1 is 1.57 bits per heavy atom. The molecule has 0 radical (unpaired) electrons. The Bertz CT molecular complexity index is 502. The van der Waals surface area contributed by atoms with Gasteiger partial charge in [0.1, 0.15) is 15.2 Å². The lowest BCUT2D eigenvalue weighted by Gasteiger charge is -1.98. The molecule has 0 amide bonds. The summed E-state index contributed by atoms with van der Waals surface area (Å²) in [5.74, 6) is 2.16. The van der Waals surface area contributed by atoms with Gasteiger partial charge in [0.15, 0.2) is 0 Å². The molecule has 1 rings (SSSR count). The number of nitrogens with zero attached hydrogens (tertiary/aromatic N) is 1. The smallest absolute Gasteiger partial charge is 0.206 e. The molecule has 1 aromatic heterocycles. The molecule has 72 valence electrons. The summed E-state index contributed by atoms with van der Waals surface area (Å²) in [7, 11) is -3.54. The first-order valence-electron chi connectivity index (χ1n) is 3.53. The van der Waals surface area contributed by atoms with Gasteiger partial charge in [-0.1, -0.05) is 5.92 Å². The lowest BCUT2D eigenvalue weighted by molar-refractivity contribution is 0.588. The monoisotopic (exact) mass is 226 g/mol. The largest absolute Gasteiger partial charge is 0.250 e. The van der Waals surface area contributed by atoms with Crippen LogP contribution in [0.5, 0.6) is 0 Å². The molecule has 1 heterocycles. The lowest BCUT2D eigenvalue weighted by atomic mass is 10.5. The Morgan fingerprint density at radius 2 is 2.29 bits per heavy atom. The first-order chi connectivity index (χ1) is 6.60. The summed E-state index contributed by atoms with van der Waals surface area (Å²) in [6.45, 7) is -0.0535. The maximum absolute atomic E-state index is 11.4. The number of nitriles is 1. The Balaban J connectivity index is 2.95. The number of hydrogen-bond donors (Lipinski definition) is 1. The molecule has 0 aromatic carbocycles. The van der Waals surface area contributed by atoms with Gasteiger partial charge in [-0.3, -0.25) is 0 Å². The molecule has 1 aromatic rings. The van der Waals surface area contributed by atoms with Crippen LogP contribution in [-0.2, 0) is 10.0 Å². The van der Waals surface area contributed by atoms with E-state index in [1.54, 1.807) is 0 Å². The topological polar surface area (TPSA) is 70.0 Å². The van der Waals surface area contributed by atoms with Crippen LogP contribution in [0.25, 0.3) is 0 Å². The second kappa shape index (κ2) is 4.25. The molecule has 0 saturated carbocycles. The molecule has 0 aliphatic heterocycles. The van der Waals surface area contributed by atoms with E-state index in [1.807, 2.05) is 6.07 Å². The summed E-state index contributed by atoms with van der Waals surface area (Å²) in [6, 6.07) is 4.69. The van der Waals surface area contributed by atoms with Crippen molar-refractivity contribution in [1.29, 1.82) is 5.26 Å². The first-order valence-corrected chi connectivity index (χ1v) is 5.83. The predicted octanol–water partition coefficient (Wildman–Crippen LogP) is 0.531. The van der Waals surface area contributed by atoms with E-state index in [0.717, 1.165) is 11.3 Å². The average Bonchev–Trinajstić information content (AvgIpc) is 2.63. The molecule has 4 nitrogen and oxygen atoms in total. The highest BCUT2D eigenvalue weighted by Crippen LogP contribution is 2.20. The van der Waals surface area contributed by atoms with E-state index in [2.05, 4.69) is 10.6 Å². The molecular weight excluding hydrogens is 220 g/mol. The van der Waals surface area contributed by atoms with Crippen LogP contribution in [-0.4, -0.2) is 15.0 Å². The normalized spacial score (nSPS) is 10.4. The fraction of sp³-hybridized carbons (Fsp3) is 0.125. The fourth-order valence-corrected chi connectivity index (χ4v) is 2.81. The molecule has 1 N–H and O–H groups in total. The molecule has 0 bridgehead atoms. The van der Waals surface area contributed by atoms with E-state index in [9.17, 15) is 8.42 Å². The van der Waals surface area contributed by atoms with Gasteiger partial charge in [0.05, 0.1) is 6.54 Å². The van der Waals surface area contributed by atoms with Crippen LogP contribution < -0.4 is 4.72 Å². The molecule has 0 aliphatic carbocycles. The molecule has 6 heteroatoms. The summed E-state index contributed by atoms with van der Waals surface area (Å²) in [5, 5.41) is 8.51. The van der Waals surface area contributed by atoms with E-state index in [0.29, 0.717) is 4.88 Å². The highest BCUT2D eigenvalue weighted by molar-refractivity contribution is 7.91. The summed E-state index contributed by atoms with van der Waals surface area (Å²) < 4.78 is 25.1. The van der Waals surface area contributed by atoms with E-state index < -0.39 is 10.0 Å². The number of hydrogen-bond acceptors (Lipinski definition) is 4. The Hall–Kier alpha value is -1.34. The minimum atomic E-state index is -3.54.